The Morgan fingerprint density at radius 3 is 2.31 bits per heavy atom. The van der Waals surface area contributed by atoms with Crippen LogP contribution in [0.3, 0.4) is 0 Å². The van der Waals surface area contributed by atoms with Gasteiger partial charge in [-0.2, -0.15) is 0 Å². The van der Waals surface area contributed by atoms with Gasteiger partial charge in [-0.15, -0.1) is 0 Å². The van der Waals surface area contributed by atoms with Crippen molar-refractivity contribution in [2.24, 2.45) is 0 Å². The maximum absolute atomic E-state index is 12.1. The largest absolute Gasteiger partial charge is 0.265 e. The lowest BCUT2D eigenvalue weighted by Crippen LogP contribution is -2.22. The Bertz CT molecular complexity index is 517. The maximum Gasteiger partial charge on any atom is 0.223 e. The predicted octanol–water partition coefficient (Wildman–Crippen LogP) is 1.62. The van der Waals surface area contributed by atoms with Crippen molar-refractivity contribution in [2.45, 2.75) is 24.3 Å². The molecular weight excluding hydrogens is 226 g/mol. The highest BCUT2D eigenvalue weighted by molar-refractivity contribution is 7.95. The van der Waals surface area contributed by atoms with Gasteiger partial charge in [0, 0.05) is 0 Å². The Morgan fingerprint density at radius 1 is 1.19 bits per heavy atom. The van der Waals surface area contributed by atoms with Gasteiger partial charge < -0.3 is 0 Å². The fourth-order valence-electron chi connectivity index (χ4n) is 1.42. The van der Waals surface area contributed by atoms with E-state index in [2.05, 4.69) is 5.48 Å². The first kappa shape index (κ1) is 11.2. The van der Waals surface area contributed by atoms with E-state index in [0.717, 1.165) is 0 Å². The van der Waals surface area contributed by atoms with E-state index in [-0.39, 0.29) is 9.92 Å². The van der Waals surface area contributed by atoms with Crippen LogP contribution in [0.15, 0.2) is 46.3 Å². The van der Waals surface area contributed by atoms with Crippen molar-refractivity contribution in [3.8, 4) is 0 Å². The van der Waals surface area contributed by atoms with Gasteiger partial charge in [0.2, 0.25) is 9.84 Å². The number of hydroxylamine groups is 1. The van der Waals surface area contributed by atoms with Crippen molar-refractivity contribution in [1.82, 2.24) is 5.48 Å². The lowest BCUT2D eigenvalue weighted by atomic mass is 10.1. The average Bonchev–Trinajstić information content (AvgIpc) is 2.61. The zero-order valence-corrected chi connectivity index (χ0v) is 9.91. The second kappa shape index (κ2) is 3.61. The first-order valence-electron chi connectivity index (χ1n) is 4.89. The Labute approximate surface area is 94.8 Å². The predicted molar refractivity (Wildman–Crippen MR) is 60.0 cm³/mol. The van der Waals surface area contributed by atoms with Crippen LogP contribution in [0.4, 0.5) is 0 Å². The summed E-state index contributed by atoms with van der Waals surface area (Å²) < 4.78 is 24.2. The number of hydrogen-bond acceptors (Lipinski definition) is 4. The summed E-state index contributed by atoms with van der Waals surface area (Å²) in [5.41, 5.74) is 1.86. The molecule has 1 N–H and O–H groups in total. The minimum atomic E-state index is -3.48. The molecule has 16 heavy (non-hydrogen) atoms. The number of rotatable bonds is 2. The molecule has 86 valence electrons. The molecular formula is C11H13NO3S. The quantitative estimate of drug-likeness (QED) is 0.852. The summed E-state index contributed by atoms with van der Waals surface area (Å²) in [7, 11) is -3.48. The van der Waals surface area contributed by atoms with Crippen molar-refractivity contribution in [3.63, 3.8) is 0 Å². The van der Waals surface area contributed by atoms with Gasteiger partial charge in [0.15, 0.2) is 5.03 Å². The molecule has 2 rings (SSSR count). The van der Waals surface area contributed by atoms with Gasteiger partial charge in [0.1, 0.15) is 5.60 Å². The summed E-state index contributed by atoms with van der Waals surface area (Å²) in [5, 5.41) is 0.101. The van der Waals surface area contributed by atoms with Crippen molar-refractivity contribution in [2.75, 3.05) is 0 Å². The van der Waals surface area contributed by atoms with Gasteiger partial charge in [0.25, 0.3) is 0 Å². The summed E-state index contributed by atoms with van der Waals surface area (Å²) in [4.78, 5) is 5.40. The van der Waals surface area contributed by atoms with Gasteiger partial charge >= 0.3 is 0 Å². The molecule has 0 bridgehead atoms. The van der Waals surface area contributed by atoms with Crippen LogP contribution in [0, 0.1) is 0 Å². The summed E-state index contributed by atoms with van der Waals surface area (Å²) in [5.74, 6) is 0. The Kier molecular flexibility index (Phi) is 2.52. The zero-order chi connectivity index (χ0) is 11.8. The maximum atomic E-state index is 12.1. The monoisotopic (exact) mass is 239 g/mol. The van der Waals surface area contributed by atoms with E-state index in [1.165, 1.54) is 0 Å². The second-order valence-corrected chi connectivity index (χ2v) is 6.05. The summed E-state index contributed by atoms with van der Waals surface area (Å²) in [6.45, 7) is 3.57. The third-order valence-corrected chi connectivity index (χ3v) is 3.91. The standard InChI is InChI=1S/C11H13NO3S/c1-11(2)8-10(12-15-11)16(13,14)9-6-4-3-5-7-9/h3-8,12H,1-2H3. The van der Waals surface area contributed by atoms with Crippen LogP contribution in [-0.2, 0) is 14.7 Å². The molecule has 0 aliphatic carbocycles. The van der Waals surface area contributed by atoms with Crippen LogP contribution >= 0.6 is 0 Å². The lowest BCUT2D eigenvalue weighted by Gasteiger charge is -2.11. The molecule has 1 aromatic rings. The molecule has 1 aliphatic rings. The molecule has 0 amide bonds. The number of hydrogen-bond donors (Lipinski definition) is 1. The fraction of sp³-hybridized carbons (Fsp3) is 0.273. The van der Waals surface area contributed by atoms with Crippen molar-refractivity contribution in [1.29, 1.82) is 0 Å². The highest BCUT2D eigenvalue weighted by Gasteiger charge is 2.31. The first-order chi connectivity index (χ1) is 7.42. The van der Waals surface area contributed by atoms with Crippen molar-refractivity contribution in [3.05, 3.63) is 41.4 Å². The Hall–Kier alpha value is -1.33. The smallest absolute Gasteiger partial charge is 0.223 e. The number of nitrogens with one attached hydrogen (secondary N) is 1. The van der Waals surface area contributed by atoms with Gasteiger partial charge in [-0.3, -0.25) is 10.3 Å². The molecule has 1 aromatic carbocycles. The third kappa shape index (κ3) is 1.96. The summed E-state index contributed by atoms with van der Waals surface area (Å²) in [6.07, 6.45) is 1.56. The van der Waals surface area contributed by atoms with Crippen LogP contribution in [0.2, 0.25) is 0 Å². The van der Waals surface area contributed by atoms with E-state index < -0.39 is 15.4 Å². The van der Waals surface area contributed by atoms with Crippen LogP contribution in [0.5, 0.6) is 0 Å². The van der Waals surface area contributed by atoms with Gasteiger partial charge in [0.05, 0.1) is 4.90 Å². The fourth-order valence-corrected chi connectivity index (χ4v) is 2.78. The molecule has 1 aliphatic heterocycles. The minimum Gasteiger partial charge on any atom is -0.265 e. The highest BCUT2D eigenvalue weighted by Crippen LogP contribution is 2.25. The van der Waals surface area contributed by atoms with Gasteiger partial charge in [-0.1, -0.05) is 18.2 Å². The van der Waals surface area contributed by atoms with Crippen molar-refractivity contribution >= 4 is 9.84 Å². The number of sulfone groups is 1. The topological polar surface area (TPSA) is 55.4 Å². The first-order valence-corrected chi connectivity index (χ1v) is 6.37. The van der Waals surface area contributed by atoms with E-state index in [4.69, 9.17) is 4.84 Å². The summed E-state index contributed by atoms with van der Waals surface area (Å²) in [6, 6.07) is 8.27. The molecule has 0 fully saturated rings. The minimum absolute atomic E-state index is 0.101. The molecule has 0 atom stereocenters. The van der Waals surface area contributed by atoms with Crippen LogP contribution in [0.1, 0.15) is 13.8 Å². The zero-order valence-electron chi connectivity index (χ0n) is 9.10. The molecule has 4 nitrogen and oxygen atoms in total. The van der Waals surface area contributed by atoms with Crippen molar-refractivity contribution < 1.29 is 13.3 Å². The molecule has 0 aromatic heterocycles. The van der Waals surface area contributed by atoms with Gasteiger partial charge in [-0.25, -0.2) is 8.42 Å². The lowest BCUT2D eigenvalue weighted by molar-refractivity contribution is -0.0129. The normalized spacial score (nSPS) is 19.0. The molecule has 0 unspecified atom stereocenters. The summed E-state index contributed by atoms with van der Waals surface area (Å²) >= 11 is 0. The molecule has 0 saturated carbocycles. The average molecular weight is 239 g/mol. The van der Waals surface area contributed by atoms with Crippen LogP contribution in [-0.4, -0.2) is 14.0 Å². The van der Waals surface area contributed by atoms with E-state index in [0.29, 0.717) is 0 Å². The third-order valence-electron chi connectivity index (χ3n) is 2.24. The van der Waals surface area contributed by atoms with E-state index in [9.17, 15) is 8.42 Å². The molecule has 0 radical (unpaired) electrons. The van der Waals surface area contributed by atoms with E-state index in [1.807, 2.05) is 0 Å². The second-order valence-electron chi connectivity index (χ2n) is 4.13. The van der Waals surface area contributed by atoms with Gasteiger partial charge in [-0.05, 0) is 32.1 Å². The number of benzene rings is 1. The van der Waals surface area contributed by atoms with E-state index >= 15 is 0 Å². The Morgan fingerprint density at radius 2 is 1.81 bits per heavy atom. The highest BCUT2D eigenvalue weighted by atomic mass is 32.2. The van der Waals surface area contributed by atoms with Crippen LogP contribution in [0.25, 0.3) is 0 Å². The molecule has 0 spiro atoms. The molecule has 0 saturated heterocycles. The molecule has 5 heteroatoms. The molecule has 1 heterocycles. The SMILES string of the molecule is CC1(C)C=C(S(=O)(=O)c2ccccc2)NO1. The van der Waals surface area contributed by atoms with Crippen LogP contribution < -0.4 is 5.48 Å². The Balaban J connectivity index is 2.43. The van der Waals surface area contributed by atoms with E-state index in [1.54, 1.807) is 50.3 Å².